The lowest BCUT2D eigenvalue weighted by molar-refractivity contribution is -0.116. The number of aryl methyl sites for hydroxylation is 2. The van der Waals surface area contributed by atoms with Crippen molar-refractivity contribution in [3.05, 3.63) is 52.5 Å². The van der Waals surface area contributed by atoms with Gasteiger partial charge in [-0.25, -0.2) is 4.98 Å². The summed E-state index contributed by atoms with van der Waals surface area (Å²) in [6.07, 6.45) is 0.901. The Morgan fingerprint density at radius 2 is 1.76 bits per heavy atom. The summed E-state index contributed by atoms with van der Waals surface area (Å²) >= 11 is 9.10. The van der Waals surface area contributed by atoms with E-state index in [1.54, 1.807) is 11.3 Å². The molecular formula is C22H26ClN3OS2. The van der Waals surface area contributed by atoms with E-state index in [9.17, 15) is 4.79 Å². The molecule has 0 spiro atoms. The number of hydrogen-bond acceptors (Lipinski definition) is 5. The molecule has 1 aromatic heterocycles. The molecule has 0 N–H and O–H groups in total. The Kier molecular flexibility index (Phi) is 7.57. The zero-order chi connectivity index (χ0) is 21.0. The number of hydrogen-bond donors (Lipinski definition) is 0. The molecule has 0 aliphatic rings. The first-order valence-corrected chi connectivity index (χ1v) is 11.7. The van der Waals surface area contributed by atoms with Crippen LogP contribution in [0.4, 0.5) is 5.13 Å². The van der Waals surface area contributed by atoms with E-state index in [2.05, 4.69) is 30.9 Å². The zero-order valence-corrected chi connectivity index (χ0v) is 19.6. The minimum Gasteiger partial charge on any atom is -0.309 e. The number of thiazole rings is 1. The fourth-order valence-corrected chi connectivity index (χ4v) is 5.04. The second kappa shape index (κ2) is 9.94. The molecule has 3 rings (SSSR count). The van der Waals surface area contributed by atoms with E-state index in [0.717, 1.165) is 38.8 Å². The Bertz CT molecular complexity index is 947. The fourth-order valence-electron chi connectivity index (χ4n) is 2.99. The topological polar surface area (TPSA) is 36.4 Å². The summed E-state index contributed by atoms with van der Waals surface area (Å²) in [6.45, 7) is 5.76. The first-order valence-electron chi connectivity index (χ1n) is 9.55. The number of rotatable bonds is 8. The van der Waals surface area contributed by atoms with Crippen molar-refractivity contribution in [1.29, 1.82) is 0 Å². The molecule has 154 valence electrons. The van der Waals surface area contributed by atoms with Crippen LogP contribution in [0.5, 0.6) is 0 Å². The summed E-state index contributed by atoms with van der Waals surface area (Å²) in [5.74, 6) is 0.454. The van der Waals surface area contributed by atoms with Gasteiger partial charge in [-0.3, -0.25) is 9.69 Å². The summed E-state index contributed by atoms with van der Waals surface area (Å²) in [7, 11) is 4.10. The van der Waals surface area contributed by atoms with Crippen molar-refractivity contribution >= 4 is 56.0 Å². The van der Waals surface area contributed by atoms with Gasteiger partial charge in [0, 0.05) is 16.5 Å². The first kappa shape index (κ1) is 22.1. The highest BCUT2D eigenvalue weighted by molar-refractivity contribution is 8.00. The fraction of sp³-hybridized carbons (Fsp3) is 0.364. The van der Waals surface area contributed by atoms with Gasteiger partial charge in [0.15, 0.2) is 5.13 Å². The average Bonchev–Trinajstić information content (AvgIpc) is 3.14. The van der Waals surface area contributed by atoms with Gasteiger partial charge in [-0.05, 0) is 76.3 Å². The molecule has 1 heterocycles. The van der Waals surface area contributed by atoms with Crippen LogP contribution in [0.3, 0.4) is 0 Å². The van der Waals surface area contributed by atoms with Crippen LogP contribution in [-0.2, 0) is 4.79 Å². The van der Waals surface area contributed by atoms with Crippen molar-refractivity contribution in [3.63, 3.8) is 0 Å². The number of benzene rings is 2. The molecule has 4 nitrogen and oxygen atoms in total. The van der Waals surface area contributed by atoms with Gasteiger partial charge >= 0.3 is 0 Å². The van der Waals surface area contributed by atoms with Crippen LogP contribution < -0.4 is 4.90 Å². The predicted octanol–water partition coefficient (Wildman–Crippen LogP) is 5.64. The molecule has 0 radical (unpaired) electrons. The second-order valence-electron chi connectivity index (χ2n) is 7.32. The third kappa shape index (κ3) is 5.72. The van der Waals surface area contributed by atoms with Gasteiger partial charge in [0.1, 0.15) is 0 Å². The molecule has 7 heteroatoms. The Labute approximate surface area is 185 Å². The number of aromatic nitrogens is 1. The Hall–Kier alpha value is -1.60. The number of thioether (sulfide) groups is 1. The van der Waals surface area contributed by atoms with E-state index in [1.165, 1.54) is 17.3 Å². The summed E-state index contributed by atoms with van der Waals surface area (Å²) < 4.78 is 1.16. The van der Waals surface area contributed by atoms with Crippen molar-refractivity contribution in [3.8, 4) is 0 Å². The van der Waals surface area contributed by atoms with Gasteiger partial charge < -0.3 is 4.90 Å². The summed E-state index contributed by atoms with van der Waals surface area (Å²) in [5.41, 5.74) is 3.34. The van der Waals surface area contributed by atoms with E-state index >= 15 is 0 Å². The van der Waals surface area contributed by atoms with Crippen molar-refractivity contribution in [2.24, 2.45) is 0 Å². The maximum Gasteiger partial charge on any atom is 0.239 e. The Morgan fingerprint density at radius 3 is 2.41 bits per heavy atom. The third-order valence-electron chi connectivity index (χ3n) is 4.63. The normalized spacial score (nSPS) is 11.4. The summed E-state index contributed by atoms with van der Waals surface area (Å²) in [5, 5.41) is 1.49. The van der Waals surface area contributed by atoms with E-state index in [0.29, 0.717) is 17.3 Å². The Morgan fingerprint density at radius 1 is 1.07 bits per heavy atom. The maximum absolute atomic E-state index is 13.1. The third-order valence-corrected chi connectivity index (χ3v) is 7.09. The van der Waals surface area contributed by atoms with Crippen LogP contribution in [0.2, 0.25) is 5.02 Å². The maximum atomic E-state index is 13.1. The standard InChI is InChI=1S/C22H26ClN3OS2/c1-15-6-7-16(2)21-20(15)24-22(29-21)26(13-5-12-25(3)4)19(27)14-28-18-10-8-17(23)9-11-18/h6-11H,5,12-14H2,1-4H3. The molecular weight excluding hydrogens is 422 g/mol. The SMILES string of the molecule is Cc1ccc(C)c2sc(N(CCCN(C)C)C(=O)CSc3ccc(Cl)cc3)nc12. The van der Waals surface area contributed by atoms with Crippen LogP contribution >= 0.6 is 34.7 Å². The Balaban J connectivity index is 1.81. The highest BCUT2D eigenvalue weighted by Gasteiger charge is 2.21. The molecule has 3 aromatic rings. The van der Waals surface area contributed by atoms with E-state index in [1.807, 2.05) is 43.3 Å². The molecule has 0 aliphatic carbocycles. The monoisotopic (exact) mass is 447 g/mol. The lowest BCUT2D eigenvalue weighted by atomic mass is 10.1. The highest BCUT2D eigenvalue weighted by Crippen LogP contribution is 2.33. The molecule has 0 fully saturated rings. The molecule has 0 atom stereocenters. The molecule has 2 aromatic carbocycles. The number of halogens is 1. The molecule has 0 saturated carbocycles. The predicted molar refractivity (Wildman–Crippen MR) is 127 cm³/mol. The highest BCUT2D eigenvalue weighted by atomic mass is 35.5. The smallest absolute Gasteiger partial charge is 0.239 e. The summed E-state index contributed by atoms with van der Waals surface area (Å²) in [6, 6.07) is 11.8. The average molecular weight is 448 g/mol. The first-order chi connectivity index (χ1) is 13.8. The summed E-state index contributed by atoms with van der Waals surface area (Å²) in [4.78, 5) is 23.0. The van der Waals surface area contributed by atoms with Gasteiger partial charge in [-0.2, -0.15) is 0 Å². The van der Waals surface area contributed by atoms with Crippen molar-refractivity contribution in [2.45, 2.75) is 25.2 Å². The minimum absolute atomic E-state index is 0.0815. The van der Waals surface area contributed by atoms with Gasteiger partial charge in [0.2, 0.25) is 5.91 Å². The van der Waals surface area contributed by atoms with Crippen LogP contribution in [0, 0.1) is 13.8 Å². The number of fused-ring (bicyclic) bond motifs is 1. The molecule has 0 bridgehead atoms. The molecule has 0 saturated heterocycles. The molecule has 0 unspecified atom stereocenters. The van der Waals surface area contributed by atoms with Crippen LogP contribution in [0.25, 0.3) is 10.2 Å². The zero-order valence-electron chi connectivity index (χ0n) is 17.2. The van der Waals surface area contributed by atoms with Gasteiger partial charge in [0.05, 0.1) is 16.0 Å². The van der Waals surface area contributed by atoms with E-state index in [4.69, 9.17) is 16.6 Å². The van der Waals surface area contributed by atoms with Gasteiger partial charge in [-0.1, -0.05) is 35.1 Å². The molecule has 1 amide bonds. The van der Waals surface area contributed by atoms with Crippen molar-refractivity contribution < 1.29 is 4.79 Å². The van der Waals surface area contributed by atoms with Crippen LogP contribution in [0.1, 0.15) is 17.5 Å². The van der Waals surface area contributed by atoms with Crippen molar-refractivity contribution in [1.82, 2.24) is 9.88 Å². The largest absolute Gasteiger partial charge is 0.309 e. The number of nitrogens with zero attached hydrogens (tertiary/aromatic N) is 3. The number of anilines is 1. The minimum atomic E-state index is 0.0815. The van der Waals surface area contributed by atoms with E-state index in [-0.39, 0.29) is 5.91 Å². The lowest BCUT2D eigenvalue weighted by Crippen LogP contribution is -2.34. The lowest BCUT2D eigenvalue weighted by Gasteiger charge is -2.21. The molecule has 29 heavy (non-hydrogen) atoms. The molecule has 0 aliphatic heterocycles. The van der Waals surface area contributed by atoms with Crippen molar-refractivity contribution in [2.75, 3.05) is 37.8 Å². The number of amides is 1. The second-order valence-corrected chi connectivity index (χ2v) is 9.78. The van der Waals surface area contributed by atoms with Gasteiger partial charge in [0.25, 0.3) is 0 Å². The number of carbonyl (C=O) groups is 1. The number of carbonyl (C=O) groups excluding carboxylic acids is 1. The van der Waals surface area contributed by atoms with E-state index < -0.39 is 0 Å². The van der Waals surface area contributed by atoms with Crippen LogP contribution in [0.15, 0.2) is 41.3 Å². The van der Waals surface area contributed by atoms with Gasteiger partial charge in [-0.15, -0.1) is 11.8 Å². The quantitative estimate of drug-likeness (QED) is 0.418. The van der Waals surface area contributed by atoms with Crippen LogP contribution in [-0.4, -0.2) is 48.7 Å².